The maximum atomic E-state index is 13.7. The zero-order valence-electron chi connectivity index (χ0n) is 21.3. The molecule has 192 valence electrons. The van der Waals surface area contributed by atoms with E-state index < -0.39 is 0 Å². The summed E-state index contributed by atoms with van der Waals surface area (Å²) >= 11 is 0. The van der Waals surface area contributed by atoms with E-state index in [1.165, 1.54) is 37.1 Å². The topological polar surface area (TPSA) is 89.0 Å². The van der Waals surface area contributed by atoms with Gasteiger partial charge in [-0.25, -0.2) is 9.78 Å². The Labute approximate surface area is 213 Å². The monoisotopic (exact) mass is 491 g/mol. The highest BCUT2D eigenvalue weighted by Crippen LogP contribution is 2.49. The van der Waals surface area contributed by atoms with E-state index in [0.29, 0.717) is 12.5 Å². The number of anilines is 1. The Morgan fingerprint density at radius 1 is 1.11 bits per heavy atom. The lowest BCUT2D eigenvalue weighted by Gasteiger charge is -2.51. The average Bonchev–Trinajstić information content (AvgIpc) is 3.08. The Balaban J connectivity index is 1.35. The molecule has 5 rings (SSSR count). The molecular weight excluding hydrogens is 454 g/mol. The number of aromatic nitrogens is 1. The molecule has 1 aliphatic heterocycles. The van der Waals surface area contributed by atoms with Crippen molar-refractivity contribution in [1.29, 1.82) is 0 Å². The molecule has 2 heterocycles. The molecule has 0 radical (unpaired) electrons. The Morgan fingerprint density at radius 3 is 2.44 bits per heavy atom. The molecule has 3 amide bonds. The molecule has 0 atom stereocenters. The number of benzene rings is 1. The van der Waals surface area contributed by atoms with Gasteiger partial charge in [0.15, 0.2) is 11.6 Å². The Kier molecular flexibility index (Phi) is 6.64. The second-order valence-electron chi connectivity index (χ2n) is 11.0. The second kappa shape index (κ2) is 9.73. The lowest BCUT2D eigenvalue weighted by molar-refractivity contribution is -0.116. The van der Waals surface area contributed by atoms with Crippen LogP contribution < -0.4 is 5.32 Å². The average molecular weight is 492 g/mol. The largest absolute Gasteiger partial charge is 0.504 e. The molecule has 1 aromatic heterocycles. The number of nitrogens with one attached hydrogen (secondary N) is 1. The SMILES string of the molecule is CN(C)[C@]1(c2ccccc2)CC[C@]2(CC1)CN(CC(=O)Nc1ncccc1O)C(=O)N2CC1CCC1. The molecule has 8 nitrogen and oxygen atoms in total. The number of hydrogen-bond acceptors (Lipinski definition) is 5. The summed E-state index contributed by atoms with van der Waals surface area (Å²) in [7, 11) is 4.31. The van der Waals surface area contributed by atoms with E-state index in [0.717, 1.165) is 32.2 Å². The Bertz CT molecular complexity index is 1090. The number of nitrogens with zero attached hydrogens (tertiary/aromatic N) is 4. The number of carbonyl (C=O) groups is 2. The first-order chi connectivity index (χ1) is 17.3. The van der Waals surface area contributed by atoms with Gasteiger partial charge in [-0.15, -0.1) is 0 Å². The number of hydrogen-bond donors (Lipinski definition) is 2. The van der Waals surface area contributed by atoms with Crippen LogP contribution in [0.4, 0.5) is 10.6 Å². The number of aromatic hydroxyl groups is 1. The van der Waals surface area contributed by atoms with Gasteiger partial charge in [0.05, 0.1) is 5.54 Å². The first-order valence-electron chi connectivity index (χ1n) is 13.1. The third-order valence-corrected chi connectivity index (χ3v) is 8.78. The summed E-state index contributed by atoms with van der Waals surface area (Å²) in [5.74, 6) is 0.238. The molecule has 2 saturated carbocycles. The van der Waals surface area contributed by atoms with Crippen molar-refractivity contribution < 1.29 is 14.7 Å². The summed E-state index contributed by atoms with van der Waals surface area (Å²) in [6, 6.07) is 13.7. The van der Waals surface area contributed by atoms with Gasteiger partial charge in [0, 0.05) is 24.8 Å². The van der Waals surface area contributed by atoms with Crippen molar-refractivity contribution in [3.8, 4) is 5.75 Å². The highest BCUT2D eigenvalue weighted by atomic mass is 16.3. The molecule has 2 N–H and O–H groups in total. The van der Waals surface area contributed by atoms with E-state index in [-0.39, 0.29) is 41.1 Å². The van der Waals surface area contributed by atoms with Gasteiger partial charge in [0.1, 0.15) is 6.54 Å². The quantitative estimate of drug-likeness (QED) is 0.610. The minimum Gasteiger partial charge on any atom is -0.504 e. The second-order valence-corrected chi connectivity index (χ2v) is 11.0. The molecule has 1 aromatic carbocycles. The van der Waals surface area contributed by atoms with Crippen LogP contribution in [0.3, 0.4) is 0 Å². The number of urea groups is 1. The molecule has 36 heavy (non-hydrogen) atoms. The minimum absolute atomic E-state index is 0.0423. The fourth-order valence-electron chi connectivity index (χ4n) is 6.35. The van der Waals surface area contributed by atoms with Gasteiger partial charge in [-0.3, -0.25) is 9.69 Å². The summed E-state index contributed by atoms with van der Waals surface area (Å²) in [6.07, 6.45) is 8.81. The third-order valence-electron chi connectivity index (χ3n) is 8.78. The van der Waals surface area contributed by atoms with Crippen LogP contribution in [-0.4, -0.2) is 76.0 Å². The summed E-state index contributed by atoms with van der Waals surface area (Å²) in [6.45, 7) is 1.28. The number of pyridine rings is 1. The highest BCUT2D eigenvalue weighted by molar-refractivity contribution is 5.95. The number of amides is 3. The minimum atomic E-state index is -0.347. The molecule has 1 saturated heterocycles. The van der Waals surface area contributed by atoms with Crippen molar-refractivity contribution in [2.75, 3.05) is 39.0 Å². The molecule has 8 heteroatoms. The summed E-state index contributed by atoms with van der Waals surface area (Å²) in [4.78, 5) is 36.7. The number of rotatable bonds is 7. The van der Waals surface area contributed by atoms with Gasteiger partial charge in [0.2, 0.25) is 5.91 Å². The normalized spacial score (nSPS) is 26.5. The molecule has 0 bridgehead atoms. The predicted octanol–water partition coefficient (Wildman–Crippen LogP) is 4.03. The summed E-state index contributed by atoms with van der Waals surface area (Å²) < 4.78 is 0. The van der Waals surface area contributed by atoms with E-state index >= 15 is 0 Å². The van der Waals surface area contributed by atoms with Crippen molar-refractivity contribution in [2.24, 2.45) is 5.92 Å². The summed E-state index contributed by atoms with van der Waals surface area (Å²) in [5.41, 5.74) is 1.01. The van der Waals surface area contributed by atoms with Crippen LogP contribution in [0, 0.1) is 5.92 Å². The van der Waals surface area contributed by atoms with Crippen LogP contribution in [0.5, 0.6) is 5.75 Å². The van der Waals surface area contributed by atoms with Crippen molar-refractivity contribution in [2.45, 2.75) is 56.0 Å². The molecular formula is C28H37N5O3. The third kappa shape index (κ3) is 4.43. The van der Waals surface area contributed by atoms with E-state index in [1.54, 1.807) is 11.0 Å². The van der Waals surface area contributed by atoms with Gasteiger partial charge in [-0.1, -0.05) is 36.8 Å². The summed E-state index contributed by atoms with van der Waals surface area (Å²) in [5, 5.41) is 12.6. The maximum Gasteiger partial charge on any atom is 0.321 e. The van der Waals surface area contributed by atoms with Crippen molar-refractivity contribution in [1.82, 2.24) is 19.7 Å². The van der Waals surface area contributed by atoms with Gasteiger partial charge in [0.25, 0.3) is 0 Å². The molecule has 0 unspecified atom stereocenters. The van der Waals surface area contributed by atoms with Crippen LogP contribution in [0.2, 0.25) is 0 Å². The smallest absolute Gasteiger partial charge is 0.321 e. The molecule has 3 aliphatic rings. The zero-order valence-corrected chi connectivity index (χ0v) is 21.3. The van der Waals surface area contributed by atoms with Crippen molar-refractivity contribution >= 4 is 17.8 Å². The van der Waals surface area contributed by atoms with Crippen LogP contribution in [-0.2, 0) is 10.3 Å². The first-order valence-corrected chi connectivity index (χ1v) is 13.1. The zero-order chi connectivity index (χ0) is 25.3. The van der Waals surface area contributed by atoms with E-state index in [2.05, 4.69) is 64.5 Å². The van der Waals surface area contributed by atoms with Crippen molar-refractivity contribution in [3.63, 3.8) is 0 Å². The lowest BCUT2D eigenvalue weighted by atomic mass is 9.68. The van der Waals surface area contributed by atoms with E-state index in [4.69, 9.17) is 0 Å². The predicted molar refractivity (Wildman–Crippen MR) is 139 cm³/mol. The molecule has 2 aromatic rings. The fraction of sp³-hybridized carbons (Fsp3) is 0.536. The maximum absolute atomic E-state index is 13.7. The van der Waals surface area contributed by atoms with Gasteiger partial charge >= 0.3 is 6.03 Å². The van der Waals surface area contributed by atoms with Gasteiger partial charge < -0.3 is 20.2 Å². The van der Waals surface area contributed by atoms with Crippen LogP contribution in [0.25, 0.3) is 0 Å². The van der Waals surface area contributed by atoms with Gasteiger partial charge in [-0.05, 0) is 76.2 Å². The molecule has 3 fully saturated rings. The highest BCUT2D eigenvalue weighted by Gasteiger charge is 2.55. The van der Waals surface area contributed by atoms with E-state index in [9.17, 15) is 14.7 Å². The number of carbonyl (C=O) groups excluding carboxylic acids is 2. The molecule has 1 spiro atoms. The first kappa shape index (κ1) is 24.6. The van der Waals surface area contributed by atoms with Crippen LogP contribution in [0.15, 0.2) is 48.7 Å². The Hall–Kier alpha value is -3.13. The fourth-order valence-corrected chi connectivity index (χ4v) is 6.35. The Morgan fingerprint density at radius 2 is 1.83 bits per heavy atom. The van der Waals surface area contributed by atoms with E-state index in [1.807, 2.05) is 0 Å². The van der Waals surface area contributed by atoms with Crippen LogP contribution in [0.1, 0.15) is 50.5 Å². The van der Waals surface area contributed by atoms with Crippen LogP contribution >= 0.6 is 0 Å². The van der Waals surface area contributed by atoms with Gasteiger partial charge in [-0.2, -0.15) is 0 Å². The lowest BCUT2D eigenvalue weighted by Crippen LogP contribution is -2.56. The van der Waals surface area contributed by atoms with Crippen molar-refractivity contribution in [3.05, 3.63) is 54.2 Å². The standard InChI is InChI=1S/C28H37N5O3/c1-31(2)28(22-10-4-3-5-11-22)15-13-27(14-16-28)20-32(26(36)33(27)18-21-8-6-9-21)19-24(35)30-25-23(34)12-7-17-29-25/h3-5,7,10-12,17,21,34H,6,8-9,13-16,18-20H2,1-2H3,(H,29,30,35)/t27-,28+. The molecule has 2 aliphatic carbocycles.